The van der Waals surface area contributed by atoms with E-state index in [1.54, 1.807) is 7.11 Å². The minimum absolute atomic E-state index is 0.362. The third-order valence-corrected chi connectivity index (χ3v) is 3.43. The Hall–Kier alpha value is -0.0800. The van der Waals surface area contributed by atoms with Gasteiger partial charge in [-0.15, -0.1) is 0 Å². The van der Waals surface area contributed by atoms with Crippen LogP contribution in [-0.4, -0.2) is 24.9 Å². The van der Waals surface area contributed by atoms with Gasteiger partial charge in [0.2, 0.25) is 0 Å². The van der Waals surface area contributed by atoms with Gasteiger partial charge in [-0.3, -0.25) is 0 Å². The van der Waals surface area contributed by atoms with Crippen molar-refractivity contribution < 1.29 is 9.84 Å². The van der Waals surface area contributed by atoms with E-state index in [1.807, 2.05) is 0 Å². The number of ether oxygens (including phenoxy) is 1. The summed E-state index contributed by atoms with van der Waals surface area (Å²) in [7, 11) is 1.79. The molecule has 0 spiro atoms. The molecule has 2 saturated carbocycles. The molecule has 0 saturated heterocycles. The molecule has 4 atom stereocenters. The van der Waals surface area contributed by atoms with Gasteiger partial charge in [0.05, 0.1) is 6.10 Å². The van der Waals surface area contributed by atoms with Crippen molar-refractivity contribution in [3.63, 3.8) is 0 Å². The molecule has 0 aromatic carbocycles. The molecule has 2 aliphatic rings. The van der Waals surface area contributed by atoms with Gasteiger partial charge in [-0.2, -0.15) is 0 Å². The molecule has 2 nitrogen and oxygen atoms in total. The number of fused-ring (bicyclic) bond motifs is 2. The van der Waals surface area contributed by atoms with Crippen molar-refractivity contribution in [2.24, 2.45) is 17.8 Å². The van der Waals surface area contributed by atoms with Crippen LogP contribution < -0.4 is 0 Å². The maximum absolute atomic E-state index is 9.05. The molecule has 0 heterocycles. The summed E-state index contributed by atoms with van der Waals surface area (Å²) in [5.41, 5.74) is 0. The molecule has 0 amide bonds. The summed E-state index contributed by atoms with van der Waals surface area (Å²) >= 11 is 0. The largest absolute Gasteiger partial charge is 0.396 e. The van der Waals surface area contributed by atoms with Crippen LogP contribution in [0.1, 0.15) is 19.3 Å². The molecule has 11 heavy (non-hydrogen) atoms. The third kappa shape index (κ3) is 1.09. The van der Waals surface area contributed by atoms with Crippen LogP contribution in [0.25, 0.3) is 0 Å². The van der Waals surface area contributed by atoms with Crippen molar-refractivity contribution in [2.75, 3.05) is 13.7 Å². The zero-order chi connectivity index (χ0) is 7.84. The zero-order valence-corrected chi connectivity index (χ0v) is 6.99. The fraction of sp³-hybridized carbons (Fsp3) is 1.00. The van der Waals surface area contributed by atoms with Gasteiger partial charge in [0, 0.05) is 13.7 Å². The normalized spacial score (nSPS) is 48.5. The molecule has 0 aromatic rings. The van der Waals surface area contributed by atoms with Crippen LogP contribution in [0.15, 0.2) is 0 Å². The van der Waals surface area contributed by atoms with E-state index in [-0.39, 0.29) is 0 Å². The zero-order valence-electron chi connectivity index (χ0n) is 6.99. The van der Waals surface area contributed by atoms with E-state index in [2.05, 4.69) is 0 Å². The van der Waals surface area contributed by atoms with Crippen molar-refractivity contribution >= 4 is 0 Å². The first-order valence-electron chi connectivity index (χ1n) is 4.48. The molecule has 0 aromatic heterocycles. The predicted molar refractivity (Wildman–Crippen MR) is 42.2 cm³/mol. The lowest BCUT2D eigenvalue weighted by Gasteiger charge is -2.26. The SMILES string of the molecule is CO[C@@H]1C[C@@H]2C[C@H](CO)[C@H]1C2. The van der Waals surface area contributed by atoms with Crippen LogP contribution in [0, 0.1) is 17.8 Å². The van der Waals surface area contributed by atoms with E-state index >= 15 is 0 Å². The highest BCUT2D eigenvalue weighted by molar-refractivity contribution is 4.95. The maximum Gasteiger partial charge on any atom is 0.0605 e. The van der Waals surface area contributed by atoms with Gasteiger partial charge in [0.15, 0.2) is 0 Å². The van der Waals surface area contributed by atoms with E-state index in [1.165, 1.54) is 19.3 Å². The minimum Gasteiger partial charge on any atom is -0.396 e. The van der Waals surface area contributed by atoms with Gasteiger partial charge in [0.1, 0.15) is 0 Å². The molecule has 2 fully saturated rings. The van der Waals surface area contributed by atoms with Gasteiger partial charge >= 0.3 is 0 Å². The Morgan fingerprint density at radius 3 is 2.73 bits per heavy atom. The summed E-state index contributed by atoms with van der Waals surface area (Å²) in [4.78, 5) is 0. The van der Waals surface area contributed by atoms with Crippen LogP contribution in [0.4, 0.5) is 0 Å². The number of hydrogen-bond acceptors (Lipinski definition) is 2. The van der Waals surface area contributed by atoms with E-state index in [4.69, 9.17) is 9.84 Å². The number of rotatable bonds is 2. The van der Waals surface area contributed by atoms with Crippen molar-refractivity contribution in [1.29, 1.82) is 0 Å². The van der Waals surface area contributed by atoms with Crippen molar-refractivity contribution in [1.82, 2.24) is 0 Å². The van der Waals surface area contributed by atoms with Crippen LogP contribution in [0.2, 0.25) is 0 Å². The molecule has 64 valence electrons. The average Bonchev–Trinajstić information content (AvgIpc) is 2.60. The van der Waals surface area contributed by atoms with Crippen LogP contribution in [-0.2, 0) is 4.74 Å². The van der Waals surface area contributed by atoms with Crippen molar-refractivity contribution in [3.8, 4) is 0 Å². The summed E-state index contributed by atoms with van der Waals surface area (Å²) in [6.45, 7) is 0.362. The second-order valence-electron chi connectivity index (χ2n) is 3.95. The Morgan fingerprint density at radius 2 is 2.18 bits per heavy atom. The van der Waals surface area contributed by atoms with Gasteiger partial charge in [-0.1, -0.05) is 0 Å². The number of aliphatic hydroxyl groups excluding tert-OH is 1. The van der Waals surface area contributed by atoms with Crippen LogP contribution >= 0.6 is 0 Å². The lowest BCUT2D eigenvalue weighted by atomic mass is 9.87. The second-order valence-corrected chi connectivity index (χ2v) is 3.95. The Kier molecular flexibility index (Phi) is 1.90. The lowest BCUT2D eigenvalue weighted by molar-refractivity contribution is 0.0190. The molecular weight excluding hydrogens is 140 g/mol. The predicted octanol–water partition coefficient (Wildman–Crippen LogP) is 1.04. The molecule has 2 aliphatic carbocycles. The molecule has 0 aliphatic heterocycles. The summed E-state index contributed by atoms with van der Waals surface area (Å²) in [5, 5.41) is 9.05. The molecule has 0 radical (unpaired) electrons. The molecule has 0 unspecified atom stereocenters. The van der Waals surface area contributed by atoms with E-state index in [0.717, 1.165) is 5.92 Å². The van der Waals surface area contributed by atoms with Crippen molar-refractivity contribution in [2.45, 2.75) is 25.4 Å². The second kappa shape index (κ2) is 2.76. The summed E-state index contributed by atoms with van der Waals surface area (Å²) in [6.07, 6.45) is 4.22. The topological polar surface area (TPSA) is 29.5 Å². The van der Waals surface area contributed by atoms with Gasteiger partial charge < -0.3 is 9.84 Å². The Balaban J connectivity index is 2.02. The smallest absolute Gasteiger partial charge is 0.0605 e. The number of methoxy groups -OCH3 is 1. The minimum atomic E-state index is 0.362. The van der Waals surface area contributed by atoms with E-state index < -0.39 is 0 Å². The average molecular weight is 156 g/mol. The fourth-order valence-electron chi connectivity index (χ4n) is 2.91. The molecule has 1 N–H and O–H groups in total. The van der Waals surface area contributed by atoms with Crippen LogP contribution in [0.3, 0.4) is 0 Å². The third-order valence-electron chi connectivity index (χ3n) is 3.43. The Bertz CT molecular complexity index is 132. The number of hydrogen-bond donors (Lipinski definition) is 1. The molecule has 2 rings (SSSR count). The highest BCUT2D eigenvalue weighted by atomic mass is 16.5. The van der Waals surface area contributed by atoms with Gasteiger partial charge in [-0.25, -0.2) is 0 Å². The summed E-state index contributed by atoms with van der Waals surface area (Å²) in [6, 6.07) is 0. The Labute approximate surface area is 67.6 Å². The first-order chi connectivity index (χ1) is 5.35. The quantitative estimate of drug-likeness (QED) is 0.647. The van der Waals surface area contributed by atoms with Gasteiger partial charge in [0.25, 0.3) is 0 Å². The molecule has 2 heteroatoms. The van der Waals surface area contributed by atoms with E-state index in [0.29, 0.717) is 24.5 Å². The standard InChI is InChI=1S/C9H16O2/c1-11-9-4-6-2-7(5-10)8(9)3-6/h6-10H,2-5H2,1H3/t6-,7-,8-,9-/m1/s1. The van der Waals surface area contributed by atoms with Crippen molar-refractivity contribution in [3.05, 3.63) is 0 Å². The monoisotopic (exact) mass is 156 g/mol. The highest BCUT2D eigenvalue weighted by Crippen LogP contribution is 2.49. The summed E-state index contributed by atoms with van der Waals surface area (Å²) < 4.78 is 5.37. The Morgan fingerprint density at radius 1 is 1.36 bits per heavy atom. The van der Waals surface area contributed by atoms with Gasteiger partial charge in [-0.05, 0) is 37.0 Å². The molecular formula is C9H16O2. The highest BCUT2D eigenvalue weighted by Gasteiger charge is 2.45. The van der Waals surface area contributed by atoms with E-state index in [9.17, 15) is 0 Å². The first kappa shape index (κ1) is 7.56. The fourth-order valence-corrected chi connectivity index (χ4v) is 2.91. The summed E-state index contributed by atoms with van der Waals surface area (Å²) in [5.74, 6) is 2.05. The van der Waals surface area contributed by atoms with Crippen LogP contribution in [0.5, 0.6) is 0 Å². The first-order valence-corrected chi connectivity index (χ1v) is 4.48. The molecule has 2 bridgehead atoms. The number of aliphatic hydroxyl groups is 1. The lowest BCUT2D eigenvalue weighted by Crippen LogP contribution is -2.28. The maximum atomic E-state index is 9.05.